The molecule has 0 saturated carbocycles. The summed E-state index contributed by atoms with van der Waals surface area (Å²) >= 11 is 2.23. The van der Waals surface area contributed by atoms with Crippen molar-refractivity contribution in [3.05, 3.63) is 0 Å². The van der Waals surface area contributed by atoms with Gasteiger partial charge in [0.25, 0.3) is 0 Å². The molecule has 0 unspecified atom stereocenters. The quantitative estimate of drug-likeness (QED) is 0.559. The van der Waals surface area contributed by atoms with Crippen LogP contribution in [0.1, 0.15) is 26.7 Å². The molecule has 0 amide bonds. The van der Waals surface area contributed by atoms with Gasteiger partial charge in [-0.2, -0.15) is 0 Å². The van der Waals surface area contributed by atoms with E-state index < -0.39 is 7.82 Å². The number of carbonyl (C=O) groups is 2. The molecular weight excluding hydrogens is 323 g/mol. The largest absolute Gasteiger partial charge is 0.474 e. The first kappa shape index (κ1) is 20.1. The van der Waals surface area contributed by atoms with Crippen LogP contribution in [0.5, 0.6) is 0 Å². The van der Waals surface area contributed by atoms with Crippen LogP contribution in [0, 0.1) is 0 Å². The van der Waals surface area contributed by atoms with E-state index in [2.05, 4.69) is 9.05 Å². The van der Waals surface area contributed by atoms with Crippen LogP contribution in [0.3, 0.4) is 0 Å². The first-order valence-electron chi connectivity index (χ1n) is 6.11. The van der Waals surface area contributed by atoms with Crippen molar-refractivity contribution in [3.8, 4) is 0 Å². The zero-order chi connectivity index (χ0) is 15.6. The predicted octanol–water partition coefficient (Wildman–Crippen LogP) is 3.11. The highest BCUT2D eigenvalue weighted by molar-refractivity contribution is 8.17. The van der Waals surface area contributed by atoms with Gasteiger partial charge in [0.15, 0.2) is 10.2 Å². The number of hydrogen-bond donors (Lipinski definition) is 0. The number of carbonyl (C=O) groups excluding carboxylic acids is 2. The van der Waals surface area contributed by atoms with Gasteiger partial charge in [0, 0.05) is 38.1 Å². The van der Waals surface area contributed by atoms with Crippen molar-refractivity contribution >= 4 is 41.6 Å². The third kappa shape index (κ3) is 8.44. The van der Waals surface area contributed by atoms with E-state index >= 15 is 0 Å². The van der Waals surface area contributed by atoms with Crippen molar-refractivity contribution in [2.24, 2.45) is 0 Å². The SMILES string of the molecule is CCC(=O)SC[C@@H](COP(=O)(OC)OC)SC(=O)CC. The van der Waals surface area contributed by atoms with Crippen LogP contribution in [0.2, 0.25) is 0 Å². The molecule has 0 aliphatic carbocycles. The predicted molar refractivity (Wildman–Crippen MR) is 82.0 cm³/mol. The molecule has 118 valence electrons. The maximum Gasteiger partial charge on any atom is 0.474 e. The van der Waals surface area contributed by atoms with Gasteiger partial charge in [-0.15, -0.1) is 0 Å². The standard InChI is InChI=1S/C11H21O6PS2/c1-5-10(12)19-8-9(20-11(13)6-2)7-17-18(14,15-3)16-4/h9H,5-8H2,1-4H3/t9-/m1/s1. The lowest BCUT2D eigenvalue weighted by molar-refractivity contribution is -0.111. The van der Waals surface area contributed by atoms with Crippen molar-refractivity contribution in [1.29, 1.82) is 0 Å². The summed E-state index contributed by atoms with van der Waals surface area (Å²) in [5, 5.41) is -0.240. The molecule has 0 fully saturated rings. The minimum Gasteiger partial charge on any atom is -0.290 e. The van der Waals surface area contributed by atoms with E-state index in [1.807, 2.05) is 0 Å². The molecule has 0 saturated heterocycles. The van der Waals surface area contributed by atoms with Crippen molar-refractivity contribution < 1.29 is 27.7 Å². The highest BCUT2D eigenvalue weighted by atomic mass is 32.2. The molecule has 0 aliphatic rings. The lowest BCUT2D eigenvalue weighted by Gasteiger charge is -2.18. The van der Waals surface area contributed by atoms with E-state index in [9.17, 15) is 14.2 Å². The first-order valence-corrected chi connectivity index (χ1v) is 9.44. The fourth-order valence-corrected chi connectivity index (χ4v) is 3.67. The van der Waals surface area contributed by atoms with E-state index in [1.165, 1.54) is 14.2 Å². The van der Waals surface area contributed by atoms with Gasteiger partial charge >= 0.3 is 7.82 Å². The zero-order valence-corrected chi connectivity index (χ0v) is 14.6. The Hall–Kier alpha value is 0.150. The Labute approximate surface area is 128 Å². The minimum atomic E-state index is -3.56. The van der Waals surface area contributed by atoms with Gasteiger partial charge in [0.05, 0.1) is 6.61 Å². The van der Waals surface area contributed by atoms with Crippen LogP contribution < -0.4 is 0 Å². The number of phosphoric ester groups is 1. The van der Waals surface area contributed by atoms with Crippen LogP contribution in [-0.2, 0) is 27.7 Å². The first-order chi connectivity index (χ1) is 9.40. The Balaban J connectivity index is 4.48. The fourth-order valence-electron chi connectivity index (χ4n) is 1.03. The number of rotatable bonds is 10. The summed E-state index contributed by atoms with van der Waals surface area (Å²) < 4.78 is 26.2. The number of phosphoric acid groups is 1. The molecule has 9 heteroatoms. The Morgan fingerprint density at radius 3 is 2.10 bits per heavy atom. The summed E-state index contributed by atoms with van der Waals surface area (Å²) in [6.07, 6.45) is 0.818. The average molecular weight is 344 g/mol. The fraction of sp³-hybridized carbons (Fsp3) is 0.818. The van der Waals surface area contributed by atoms with Crippen molar-refractivity contribution in [3.63, 3.8) is 0 Å². The normalized spacial score (nSPS) is 13.2. The maximum atomic E-state index is 11.8. The second kappa shape index (κ2) is 10.8. The third-order valence-corrected chi connectivity index (χ3v) is 6.11. The second-order valence-electron chi connectivity index (χ2n) is 3.61. The van der Waals surface area contributed by atoms with Gasteiger partial charge in [-0.05, 0) is 0 Å². The molecule has 1 atom stereocenters. The van der Waals surface area contributed by atoms with Crippen molar-refractivity contribution in [2.45, 2.75) is 31.9 Å². The van der Waals surface area contributed by atoms with Gasteiger partial charge in [-0.25, -0.2) is 4.57 Å². The van der Waals surface area contributed by atoms with Crippen LogP contribution in [0.25, 0.3) is 0 Å². The summed E-state index contributed by atoms with van der Waals surface area (Å²) in [5.41, 5.74) is 0. The third-order valence-electron chi connectivity index (χ3n) is 2.17. The molecule has 0 radical (unpaired) electrons. The maximum absolute atomic E-state index is 11.8. The Bertz CT molecular complexity index is 355. The smallest absolute Gasteiger partial charge is 0.290 e. The topological polar surface area (TPSA) is 78.9 Å². The highest BCUT2D eigenvalue weighted by Gasteiger charge is 2.26. The molecule has 0 aromatic carbocycles. The summed E-state index contributed by atoms with van der Waals surface area (Å²) in [7, 11) is -1.12. The van der Waals surface area contributed by atoms with Gasteiger partial charge < -0.3 is 0 Å². The molecule has 20 heavy (non-hydrogen) atoms. The van der Waals surface area contributed by atoms with Crippen LogP contribution in [0.15, 0.2) is 0 Å². The molecular formula is C11H21O6PS2. The average Bonchev–Trinajstić information content (AvgIpc) is 2.48. The van der Waals surface area contributed by atoms with Gasteiger partial charge in [-0.1, -0.05) is 37.4 Å². The lowest BCUT2D eigenvalue weighted by Crippen LogP contribution is -2.18. The van der Waals surface area contributed by atoms with Gasteiger partial charge in [0.2, 0.25) is 0 Å². The Kier molecular flexibility index (Phi) is 10.9. The summed E-state index contributed by atoms with van der Waals surface area (Å²) in [6, 6.07) is 0. The van der Waals surface area contributed by atoms with Gasteiger partial charge in [0.1, 0.15) is 0 Å². The van der Waals surface area contributed by atoms with Crippen molar-refractivity contribution in [2.75, 3.05) is 26.6 Å². The monoisotopic (exact) mass is 344 g/mol. The summed E-state index contributed by atoms with van der Waals surface area (Å²) in [5.74, 6) is 0.413. The number of hydrogen-bond acceptors (Lipinski definition) is 8. The summed E-state index contributed by atoms with van der Waals surface area (Å²) in [6.45, 7) is 3.54. The molecule has 0 rings (SSSR count). The van der Waals surface area contributed by atoms with E-state index in [4.69, 9.17) is 4.52 Å². The molecule has 0 spiro atoms. The summed E-state index contributed by atoms with van der Waals surface area (Å²) in [4.78, 5) is 22.8. The van der Waals surface area contributed by atoms with Crippen LogP contribution >= 0.6 is 31.3 Å². The molecule has 6 nitrogen and oxygen atoms in total. The molecule has 0 heterocycles. The Morgan fingerprint density at radius 2 is 1.65 bits per heavy atom. The zero-order valence-electron chi connectivity index (χ0n) is 12.1. The molecule has 0 aromatic heterocycles. The lowest BCUT2D eigenvalue weighted by atomic mass is 10.5. The molecule has 0 aliphatic heterocycles. The highest BCUT2D eigenvalue weighted by Crippen LogP contribution is 2.48. The molecule has 0 bridgehead atoms. The van der Waals surface area contributed by atoms with Gasteiger partial charge in [-0.3, -0.25) is 23.2 Å². The van der Waals surface area contributed by atoms with E-state index in [0.29, 0.717) is 18.6 Å². The van der Waals surface area contributed by atoms with Crippen molar-refractivity contribution in [1.82, 2.24) is 0 Å². The molecule has 0 N–H and O–H groups in total. The second-order valence-corrected chi connectivity index (χ2v) is 7.93. The number of thioether (sulfide) groups is 2. The Morgan fingerprint density at radius 1 is 1.10 bits per heavy atom. The van der Waals surface area contributed by atoms with E-state index in [1.54, 1.807) is 13.8 Å². The minimum absolute atomic E-state index is 0.00665. The molecule has 0 aromatic rings. The van der Waals surface area contributed by atoms with E-state index in [0.717, 1.165) is 23.5 Å². The van der Waals surface area contributed by atoms with E-state index in [-0.39, 0.29) is 22.1 Å². The van der Waals surface area contributed by atoms with Crippen LogP contribution in [-0.4, -0.2) is 42.1 Å². The van der Waals surface area contributed by atoms with Crippen LogP contribution in [0.4, 0.5) is 0 Å².